The summed E-state index contributed by atoms with van der Waals surface area (Å²) in [6.07, 6.45) is 11.2. The normalized spacial score (nSPS) is 13.7. The number of halogens is 1. The lowest BCUT2D eigenvalue weighted by Gasteiger charge is -2.34. The van der Waals surface area contributed by atoms with Crippen molar-refractivity contribution in [1.29, 1.82) is 0 Å². The summed E-state index contributed by atoms with van der Waals surface area (Å²) in [6.45, 7) is 9.60. The topological polar surface area (TPSA) is 18.5 Å². The lowest BCUT2D eigenvalue weighted by molar-refractivity contribution is -0.206. The Labute approximate surface area is 131 Å². The zero-order valence-corrected chi connectivity index (χ0v) is 14.8. The Hall–Kier alpha value is 0.210. The number of hydrogen-bond donors (Lipinski definition) is 0. The van der Waals surface area contributed by atoms with Gasteiger partial charge in [0.2, 0.25) is 0 Å². The quantitative estimate of drug-likeness (QED) is 0.219. The van der Waals surface area contributed by atoms with E-state index in [2.05, 4.69) is 13.8 Å². The van der Waals surface area contributed by atoms with E-state index in [1.54, 1.807) is 0 Å². The molecule has 0 amide bonds. The summed E-state index contributed by atoms with van der Waals surface area (Å²) in [5.74, 6) is 0.292. The van der Waals surface area contributed by atoms with E-state index in [1.807, 2.05) is 13.8 Å². The van der Waals surface area contributed by atoms with E-state index in [0.717, 1.165) is 19.3 Å². The van der Waals surface area contributed by atoms with Gasteiger partial charge in [-0.25, -0.2) is 0 Å². The van der Waals surface area contributed by atoms with Crippen LogP contribution in [-0.4, -0.2) is 18.5 Å². The fourth-order valence-corrected chi connectivity index (χ4v) is 3.12. The largest absolute Gasteiger partial charge is 0.337 e. The second kappa shape index (κ2) is 12.9. The Morgan fingerprint density at radius 2 is 1.30 bits per heavy atom. The number of hydrogen-bond acceptors (Lipinski definition) is 2. The summed E-state index contributed by atoms with van der Waals surface area (Å²) < 4.78 is 11.4. The minimum atomic E-state index is -0.914. The highest BCUT2D eigenvalue weighted by atomic mass is 35.5. The molecule has 1 unspecified atom stereocenters. The van der Waals surface area contributed by atoms with Crippen LogP contribution < -0.4 is 0 Å². The molecule has 3 heteroatoms. The van der Waals surface area contributed by atoms with E-state index in [1.165, 1.54) is 38.5 Å². The summed E-state index contributed by atoms with van der Waals surface area (Å²) in [5, 5.41) is -0.914. The van der Waals surface area contributed by atoms with Gasteiger partial charge >= 0.3 is 0 Å². The molecule has 0 N–H and O–H groups in total. The third kappa shape index (κ3) is 8.49. The molecule has 0 aromatic rings. The third-order valence-electron chi connectivity index (χ3n) is 3.71. The first kappa shape index (κ1) is 20.2. The maximum absolute atomic E-state index is 6.60. The molecule has 122 valence electrons. The highest BCUT2D eigenvalue weighted by Gasteiger charge is 2.37. The highest BCUT2D eigenvalue weighted by Crippen LogP contribution is 2.36. The van der Waals surface area contributed by atoms with Gasteiger partial charge in [0.05, 0.1) is 0 Å². The van der Waals surface area contributed by atoms with Crippen LogP contribution in [0.5, 0.6) is 0 Å². The van der Waals surface area contributed by atoms with Crippen LogP contribution in [0.4, 0.5) is 0 Å². The van der Waals surface area contributed by atoms with Crippen molar-refractivity contribution < 1.29 is 9.47 Å². The molecule has 0 aliphatic heterocycles. The van der Waals surface area contributed by atoms with Gasteiger partial charge in [-0.1, -0.05) is 70.4 Å². The maximum Gasteiger partial charge on any atom is 0.251 e. The van der Waals surface area contributed by atoms with E-state index < -0.39 is 5.25 Å². The van der Waals surface area contributed by atoms with Crippen LogP contribution in [-0.2, 0) is 9.47 Å². The van der Waals surface area contributed by atoms with Gasteiger partial charge in [0, 0.05) is 19.1 Å². The Kier molecular flexibility index (Phi) is 13.0. The first-order valence-electron chi connectivity index (χ1n) is 8.61. The molecule has 0 radical (unpaired) electrons. The van der Waals surface area contributed by atoms with Crippen molar-refractivity contribution in [3.63, 3.8) is 0 Å². The smallest absolute Gasteiger partial charge is 0.251 e. The lowest BCUT2D eigenvalue weighted by Crippen LogP contribution is -2.38. The fourth-order valence-electron chi connectivity index (χ4n) is 2.68. The van der Waals surface area contributed by atoms with Gasteiger partial charge in [0.25, 0.3) is 5.25 Å². The molecule has 0 saturated heterocycles. The molecule has 2 nitrogen and oxygen atoms in total. The van der Waals surface area contributed by atoms with Crippen molar-refractivity contribution in [3.8, 4) is 0 Å². The zero-order chi connectivity index (χ0) is 15.3. The molecule has 0 bridgehead atoms. The summed E-state index contributed by atoms with van der Waals surface area (Å²) in [6, 6.07) is 0. The average Bonchev–Trinajstić information content (AvgIpc) is 2.42. The molecule has 0 fully saturated rings. The Morgan fingerprint density at radius 1 is 0.750 bits per heavy atom. The van der Waals surface area contributed by atoms with Crippen LogP contribution in [0.1, 0.15) is 85.5 Å². The van der Waals surface area contributed by atoms with E-state index in [4.69, 9.17) is 21.1 Å². The fraction of sp³-hybridized carbons (Fsp3) is 1.00. The van der Waals surface area contributed by atoms with E-state index in [-0.39, 0.29) is 0 Å². The van der Waals surface area contributed by atoms with Crippen LogP contribution in [0.15, 0.2) is 0 Å². The van der Waals surface area contributed by atoms with Crippen molar-refractivity contribution in [1.82, 2.24) is 0 Å². The molecule has 0 heterocycles. The molecule has 0 aromatic heterocycles. The molecule has 0 rings (SSSR count). The maximum atomic E-state index is 6.60. The molecule has 0 aliphatic carbocycles. The van der Waals surface area contributed by atoms with Gasteiger partial charge in [-0.15, -0.1) is 0 Å². The van der Waals surface area contributed by atoms with Crippen LogP contribution in [0.25, 0.3) is 0 Å². The van der Waals surface area contributed by atoms with Crippen molar-refractivity contribution >= 4 is 11.6 Å². The van der Waals surface area contributed by atoms with Crippen LogP contribution in [0.2, 0.25) is 0 Å². The minimum Gasteiger partial charge on any atom is -0.337 e. The summed E-state index contributed by atoms with van der Waals surface area (Å²) in [5.41, 5.74) is 0. The van der Waals surface area contributed by atoms with Crippen LogP contribution in [0, 0.1) is 5.92 Å². The first-order chi connectivity index (χ1) is 9.64. The summed E-state index contributed by atoms with van der Waals surface area (Å²) in [4.78, 5) is 0. The second-order valence-corrected chi connectivity index (χ2v) is 6.02. The van der Waals surface area contributed by atoms with E-state index in [0.29, 0.717) is 19.1 Å². The Morgan fingerprint density at radius 3 is 1.80 bits per heavy atom. The standard InChI is InChI=1S/C17H35ClO2/c1-5-9-10-11-12-13-15-16(14-6-2)17(18,19-7-3)20-8-4/h16H,5-15H2,1-4H3. The Bertz CT molecular complexity index is 203. The molecule has 0 aliphatic rings. The van der Waals surface area contributed by atoms with Crippen LogP contribution in [0.3, 0.4) is 0 Å². The predicted octanol–water partition coefficient (Wildman–Crippen LogP) is 6.12. The van der Waals surface area contributed by atoms with Crippen molar-refractivity contribution in [2.24, 2.45) is 5.92 Å². The molecule has 0 spiro atoms. The molecule has 1 atom stereocenters. The highest BCUT2D eigenvalue weighted by molar-refractivity contribution is 6.22. The number of unbranched alkanes of at least 4 members (excludes halogenated alkanes) is 5. The number of alkyl halides is 1. The summed E-state index contributed by atoms with van der Waals surface area (Å²) >= 11 is 6.60. The van der Waals surface area contributed by atoms with Gasteiger partial charge < -0.3 is 9.47 Å². The SMILES string of the molecule is CCCCCCCCC(CCC)C(Cl)(OCC)OCC. The number of ether oxygens (including phenoxy) is 2. The van der Waals surface area contributed by atoms with Crippen molar-refractivity contribution in [2.75, 3.05) is 13.2 Å². The lowest BCUT2D eigenvalue weighted by atomic mass is 9.95. The van der Waals surface area contributed by atoms with Gasteiger partial charge in [-0.2, -0.15) is 0 Å². The molecular weight excluding hydrogens is 272 g/mol. The Balaban J connectivity index is 4.22. The third-order valence-corrected chi connectivity index (χ3v) is 4.24. The van der Waals surface area contributed by atoms with Gasteiger partial charge in [-0.3, -0.25) is 0 Å². The van der Waals surface area contributed by atoms with Gasteiger partial charge in [0.1, 0.15) is 0 Å². The first-order valence-corrected chi connectivity index (χ1v) is 8.99. The zero-order valence-electron chi connectivity index (χ0n) is 14.0. The van der Waals surface area contributed by atoms with Gasteiger partial charge in [-0.05, 0) is 26.7 Å². The average molecular weight is 307 g/mol. The predicted molar refractivity (Wildman–Crippen MR) is 88.2 cm³/mol. The van der Waals surface area contributed by atoms with Gasteiger partial charge in [0.15, 0.2) is 0 Å². The van der Waals surface area contributed by atoms with E-state index >= 15 is 0 Å². The molecule has 20 heavy (non-hydrogen) atoms. The second-order valence-electron chi connectivity index (χ2n) is 5.49. The molecule has 0 aromatic carbocycles. The van der Waals surface area contributed by atoms with Crippen LogP contribution >= 0.6 is 11.6 Å². The van der Waals surface area contributed by atoms with Crippen molar-refractivity contribution in [3.05, 3.63) is 0 Å². The van der Waals surface area contributed by atoms with Crippen molar-refractivity contribution in [2.45, 2.75) is 90.7 Å². The molecule has 0 saturated carbocycles. The summed E-state index contributed by atoms with van der Waals surface area (Å²) in [7, 11) is 0. The monoisotopic (exact) mass is 306 g/mol. The van der Waals surface area contributed by atoms with E-state index in [9.17, 15) is 0 Å². The molecular formula is C17H35ClO2. The number of rotatable bonds is 14. The minimum absolute atomic E-state index is 0.292.